The minimum absolute atomic E-state index is 0.0848. The second-order valence-corrected chi connectivity index (χ2v) is 3.13. The van der Waals surface area contributed by atoms with Gasteiger partial charge in [-0.2, -0.15) is 0 Å². The molecule has 0 aliphatic heterocycles. The third-order valence-corrected chi connectivity index (χ3v) is 2.11. The van der Waals surface area contributed by atoms with Crippen LogP contribution in [0.5, 0.6) is 0 Å². The lowest BCUT2D eigenvalue weighted by molar-refractivity contribution is -0.385. The molecule has 0 saturated heterocycles. The molecule has 0 aliphatic carbocycles. The Morgan fingerprint density at radius 3 is 2.38 bits per heavy atom. The number of nitrogens with zero attached hydrogens (tertiary/aromatic N) is 1. The second-order valence-electron chi connectivity index (χ2n) is 3.13. The van der Waals surface area contributed by atoms with Crippen molar-refractivity contribution in [2.24, 2.45) is 0 Å². The monoisotopic (exact) mass is 221 g/mol. The number of nitro benzene ring substituents is 1. The summed E-state index contributed by atoms with van der Waals surface area (Å²) in [4.78, 5) is 10.4. The van der Waals surface area contributed by atoms with Gasteiger partial charge >= 0.3 is 0 Å². The van der Waals surface area contributed by atoms with E-state index in [1.165, 1.54) is 6.07 Å². The smallest absolute Gasteiger partial charge is 0.258 e. The summed E-state index contributed by atoms with van der Waals surface area (Å²) in [5, 5.41) is 10.7. The van der Waals surface area contributed by atoms with E-state index in [-0.39, 0.29) is 16.5 Å². The van der Waals surface area contributed by atoms with Crippen LogP contribution in [-0.4, -0.2) is 4.92 Å². The Morgan fingerprint density at radius 1 is 1.31 bits per heavy atom. The molecule has 88 valence electrons. The van der Waals surface area contributed by atoms with E-state index in [0.29, 0.717) is 0 Å². The predicted octanol–water partition coefficient (Wildman–Crippen LogP) is 4.30. The average molecular weight is 221 g/mol. The SMILES string of the molecule is C/C=C\C(C)c1ccccc1[N+](=O)[O-].CC. The molecule has 16 heavy (non-hydrogen) atoms. The topological polar surface area (TPSA) is 43.1 Å². The quantitative estimate of drug-likeness (QED) is 0.434. The van der Waals surface area contributed by atoms with Gasteiger partial charge in [-0.25, -0.2) is 0 Å². The zero-order valence-corrected chi connectivity index (χ0v) is 10.3. The minimum atomic E-state index is -0.338. The normalized spacial score (nSPS) is 11.8. The molecule has 3 heteroatoms. The molecule has 1 atom stereocenters. The van der Waals surface area contributed by atoms with Gasteiger partial charge in [-0.05, 0) is 6.92 Å². The fraction of sp³-hybridized carbons (Fsp3) is 0.385. The Hall–Kier alpha value is -1.64. The Balaban J connectivity index is 0.00000106. The van der Waals surface area contributed by atoms with Crippen LogP contribution >= 0.6 is 0 Å². The average Bonchev–Trinajstić information content (AvgIpc) is 2.32. The van der Waals surface area contributed by atoms with Gasteiger partial charge in [-0.3, -0.25) is 10.1 Å². The highest BCUT2D eigenvalue weighted by atomic mass is 16.6. The van der Waals surface area contributed by atoms with E-state index in [0.717, 1.165) is 5.56 Å². The van der Waals surface area contributed by atoms with E-state index >= 15 is 0 Å². The Morgan fingerprint density at radius 2 is 1.88 bits per heavy atom. The van der Waals surface area contributed by atoms with Crippen molar-refractivity contribution in [3.05, 3.63) is 52.1 Å². The maximum atomic E-state index is 10.7. The molecule has 0 amide bonds. The van der Waals surface area contributed by atoms with Crippen molar-refractivity contribution in [2.75, 3.05) is 0 Å². The maximum absolute atomic E-state index is 10.7. The molecule has 0 spiro atoms. The maximum Gasteiger partial charge on any atom is 0.273 e. The fourth-order valence-corrected chi connectivity index (χ4v) is 1.43. The van der Waals surface area contributed by atoms with Gasteiger partial charge in [0, 0.05) is 17.5 Å². The van der Waals surface area contributed by atoms with Crippen molar-refractivity contribution < 1.29 is 4.92 Å². The van der Waals surface area contributed by atoms with Crippen LogP contribution in [0.15, 0.2) is 36.4 Å². The van der Waals surface area contributed by atoms with Crippen LogP contribution < -0.4 is 0 Å². The summed E-state index contributed by atoms with van der Waals surface area (Å²) in [7, 11) is 0. The van der Waals surface area contributed by atoms with Crippen LogP contribution in [0.3, 0.4) is 0 Å². The molecule has 0 heterocycles. The van der Waals surface area contributed by atoms with Crippen LogP contribution in [0.25, 0.3) is 0 Å². The van der Waals surface area contributed by atoms with E-state index in [9.17, 15) is 10.1 Å². The van der Waals surface area contributed by atoms with Crippen LogP contribution in [0.2, 0.25) is 0 Å². The highest BCUT2D eigenvalue weighted by Gasteiger charge is 2.15. The van der Waals surface area contributed by atoms with Crippen molar-refractivity contribution in [1.82, 2.24) is 0 Å². The second kappa shape index (κ2) is 7.63. The Labute approximate surface area is 97.0 Å². The molecular weight excluding hydrogens is 202 g/mol. The summed E-state index contributed by atoms with van der Waals surface area (Å²) < 4.78 is 0. The predicted molar refractivity (Wildman–Crippen MR) is 67.7 cm³/mol. The molecule has 0 saturated carbocycles. The molecule has 0 bridgehead atoms. The van der Waals surface area contributed by atoms with Gasteiger partial charge in [0.25, 0.3) is 5.69 Å². The molecule has 0 N–H and O–H groups in total. The van der Waals surface area contributed by atoms with Crippen LogP contribution in [-0.2, 0) is 0 Å². The van der Waals surface area contributed by atoms with Crippen molar-refractivity contribution >= 4 is 5.69 Å². The molecule has 0 aromatic heterocycles. The molecule has 0 radical (unpaired) electrons. The first-order valence-electron chi connectivity index (χ1n) is 5.53. The fourth-order valence-electron chi connectivity index (χ4n) is 1.43. The zero-order chi connectivity index (χ0) is 12.6. The van der Waals surface area contributed by atoms with E-state index in [1.807, 2.05) is 45.9 Å². The third-order valence-electron chi connectivity index (χ3n) is 2.11. The summed E-state index contributed by atoms with van der Waals surface area (Å²) >= 11 is 0. The molecule has 1 rings (SSSR count). The van der Waals surface area contributed by atoms with Crippen LogP contribution in [0.1, 0.15) is 39.2 Å². The van der Waals surface area contributed by atoms with E-state index < -0.39 is 0 Å². The number of para-hydroxylation sites is 1. The summed E-state index contributed by atoms with van der Waals surface area (Å²) in [6.07, 6.45) is 3.85. The van der Waals surface area contributed by atoms with E-state index in [1.54, 1.807) is 12.1 Å². The van der Waals surface area contributed by atoms with Gasteiger partial charge in [0.2, 0.25) is 0 Å². The molecular formula is C13H19NO2. The van der Waals surface area contributed by atoms with Crippen molar-refractivity contribution in [3.8, 4) is 0 Å². The first-order valence-corrected chi connectivity index (χ1v) is 5.53. The highest BCUT2D eigenvalue weighted by molar-refractivity contribution is 5.43. The van der Waals surface area contributed by atoms with Gasteiger partial charge in [0.05, 0.1) is 4.92 Å². The van der Waals surface area contributed by atoms with Gasteiger partial charge in [-0.15, -0.1) is 0 Å². The number of hydrogen-bond donors (Lipinski definition) is 0. The summed E-state index contributed by atoms with van der Waals surface area (Å²) in [6, 6.07) is 6.84. The van der Waals surface area contributed by atoms with Gasteiger partial charge in [0.15, 0.2) is 0 Å². The summed E-state index contributed by atoms with van der Waals surface area (Å²) in [5.41, 5.74) is 0.953. The molecule has 0 aliphatic rings. The Bertz CT molecular complexity index is 359. The molecule has 0 fully saturated rings. The third kappa shape index (κ3) is 3.85. The minimum Gasteiger partial charge on any atom is -0.258 e. The highest BCUT2D eigenvalue weighted by Crippen LogP contribution is 2.26. The lowest BCUT2D eigenvalue weighted by Crippen LogP contribution is -1.97. The lowest BCUT2D eigenvalue weighted by Gasteiger charge is -2.06. The number of benzene rings is 1. The van der Waals surface area contributed by atoms with Crippen LogP contribution in [0.4, 0.5) is 5.69 Å². The van der Waals surface area contributed by atoms with Crippen molar-refractivity contribution in [3.63, 3.8) is 0 Å². The van der Waals surface area contributed by atoms with Crippen molar-refractivity contribution in [1.29, 1.82) is 0 Å². The van der Waals surface area contributed by atoms with E-state index in [2.05, 4.69) is 0 Å². The number of hydrogen-bond acceptors (Lipinski definition) is 2. The lowest BCUT2D eigenvalue weighted by atomic mass is 9.99. The number of rotatable bonds is 3. The Kier molecular flexibility index (Phi) is 6.84. The van der Waals surface area contributed by atoms with Gasteiger partial charge in [0.1, 0.15) is 0 Å². The van der Waals surface area contributed by atoms with Gasteiger partial charge < -0.3 is 0 Å². The van der Waals surface area contributed by atoms with Gasteiger partial charge in [-0.1, -0.05) is 51.1 Å². The van der Waals surface area contributed by atoms with Crippen molar-refractivity contribution in [2.45, 2.75) is 33.6 Å². The summed E-state index contributed by atoms with van der Waals surface area (Å²) in [6.45, 7) is 7.85. The first-order chi connectivity index (χ1) is 7.66. The molecule has 1 unspecified atom stereocenters. The summed E-state index contributed by atoms with van der Waals surface area (Å²) in [5.74, 6) is 0.0848. The zero-order valence-electron chi connectivity index (χ0n) is 10.3. The number of nitro groups is 1. The largest absolute Gasteiger partial charge is 0.273 e. The molecule has 1 aromatic rings. The van der Waals surface area contributed by atoms with Crippen LogP contribution in [0, 0.1) is 10.1 Å². The standard InChI is InChI=1S/C11H13NO2.C2H6/c1-3-6-9(2)10-7-4-5-8-11(10)12(13)14;1-2/h3-9H,1-2H3;1-2H3/b6-3-;. The number of allylic oxidation sites excluding steroid dienone is 2. The molecule has 1 aromatic carbocycles. The first kappa shape index (κ1) is 14.4. The van der Waals surface area contributed by atoms with E-state index in [4.69, 9.17) is 0 Å². The molecule has 3 nitrogen and oxygen atoms in total.